The fourth-order valence-corrected chi connectivity index (χ4v) is 11.3. The van der Waals surface area contributed by atoms with Gasteiger partial charge in [-0.2, -0.15) is 4.98 Å². The molecule has 6 amide bonds. The second-order valence-corrected chi connectivity index (χ2v) is 24.1. The molecule has 1 unspecified atom stereocenters. The lowest BCUT2D eigenvalue weighted by molar-refractivity contribution is -0.139. The highest BCUT2D eigenvalue weighted by Gasteiger charge is 2.38. The van der Waals surface area contributed by atoms with Crippen molar-refractivity contribution >= 4 is 47.2 Å². The molecule has 0 saturated carbocycles. The fraction of sp³-hybridized carbons (Fsp3) is 0.453. The molecule has 6 heterocycles. The van der Waals surface area contributed by atoms with E-state index >= 15 is 8.78 Å². The minimum absolute atomic E-state index is 0.0213. The van der Waals surface area contributed by atoms with Crippen LogP contribution in [0.1, 0.15) is 103 Å². The van der Waals surface area contributed by atoms with Crippen LogP contribution in [0.5, 0.6) is 11.8 Å². The van der Waals surface area contributed by atoms with Crippen molar-refractivity contribution in [2.75, 3.05) is 75.2 Å². The van der Waals surface area contributed by atoms with Crippen LogP contribution in [0.3, 0.4) is 0 Å². The van der Waals surface area contributed by atoms with Gasteiger partial charge in [0.1, 0.15) is 60.8 Å². The molecular formula is C64H74F4N8O10. The predicted molar refractivity (Wildman–Crippen MR) is 312 cm³/mol. The first-order chi connectivity index (χ1) is 41.0. The van der Waals surface area contributed by atoms with Crippen molar-refractivity contribution in [3.8, 4) is 22.9 Å². The molecule has 86 heavy (non-hydrogen) atoms. The Morgan fingerprint density at radius 1 is 0.558 bits per heavy atom. The van der Waals surface area contributed by atoms with Gasteiger partial charge in [0.2, 0.25) is 35.4 Å². The van der Waals surface area contributed by atoms with Gasteiger partial charge in [0.05, 0.1) is 17.0 Å². The topological polar surface area (TPSA) is 184 Å². The zero-order chi connectivity index (χ0) is 61.5. The van der Waals surface area contributed by atoms with E-state index in [0.29, 0.717) is 89.4 Å². The Kier molecular flexibility index (Phi) is 19.4. The first-order valence-electron chi connectivity index (χ1n) is 29.2. The van der Waals surface area contributed by atoms with Gasteiger partial charge >= 0.3 is 12.2 Å². The molecule has 0 aliphatic carbocycles. The van der Waals surface area contributed by atoms with E-state index in [0.717, 1.165) is 11.1 Å². The molecule has 5 aliphatic rings. The number of piperidine rings is 3. The molecule has 0 radical (unpaired) electrons. The smallest absolute Gasteiger partial charge is 0.410 e. The summed E-state index contributed by atoms with van der Waals surface area (Å²) in [6.45, 7) is 14.7. The van der Waals surface area contributed by atoms with Crippen LogP contribution in [0.2, 0.25) is 0 Å². The van der Waals surface area contributed by atoms with E-state index in [1.165, 1.54) is 34.1 Å². The SMILES string of the molecule is CC(C)(C)OC(=O)N1CCN(C2CCN(c3cc(F)c(-c4ccc(OCc5ccccc5)nc4OCc4ccccc4)c(F)c3)CC2)C(=O)C1.CC(C)(C)OC(=O)N1CCN(C2CCN(c3cc(F)c(C4CCC(=O)NC4=O)c(F)c3)CC2)C(=O)C1. The third-order valence-electron chi connectivity index (χ3n) is 15.6. The Bertz CT molecular complexity index is 3230. The van der Waals surface area contributed by atoms with Crippen molar-refractivity contribution in [3.63, 3.8) is 0 Å². The summed E-state index contributed by atoms with van der Waals surface area (Å²) in [5, 5.41) is 2.14. The zero-order valence-electron chi connectivity index (χ0n) is 49.4. The monoisotopic (exact) mass is 1190 g/mol. The first-order valence-corrected chi connectivity index (χ1v) is 29.2. The van der Waals surface area contributed by atoms with E-state index in [2.05, 4.69) is 10.3 Å². The third-order valence-corrected chi connectivity index (χ3v) is 15.6. The van der Waals surface area contributed by atoms with Crippen molar-refractivity contribution in [1.82, 2.24) is 29.9 Å². The summed E-state index contributed by atoms with van der Waals surface area (Å²) in [6.07, 6.45) is 1.62. The van der Waals surface area contributed by atoms with E-state index < -0.39 is 64.4 Å². The summed E-state index contributed by atoms with van der Waals surface area (Å²) >= 11 is 0. The normalized spacial score (nSPS) is 18.3. The maximum atomic E-state index is 15.9. The molecule has 22 heteroatoms. The van der Waals surface area contributed by atoms with E-state index in [1.54, 1.807) is 58.6 Å². The molecule has 5 aromatic rings. The van der Waals surface area contributed by atoms with Crippen LogP contribution >= 0.6 is 0 Å². The van der Waals surface area contributed by atoms with E-state index in [1.807, 2.05) is 75.4 Å². The molecular weight excluding hydrogens is 1120 g/mol. The lowest BCUT2D eigenvalue weighted by Gasteiger charge is -2.43. The molecule has 5 aliphatic heterocycles. The average molecular weight is 1190 g/mol. The lowest BCUT2D eigenvalue weighted by Crippen LogP contribution is -2.57. The Morgan fingerprint density at radius 3 is 1.43 bits per heavy atom. The van der Waals surface area contributed by atoms with Crippen LogP contribution in [-0.2, 0) is 41.9 Å². The van der Waals surface area contributed by atoms with Crippen LogP contribution in [0.4, 0.5) is 38.5 Å². The van der Waals surface area contributed by atoms with Crippen LogP contribution in [-0.4, -0.2) is 149 Å². The largest absolute Gasteiger partial charge is 0.473 e. The molecule has 5 saturated heterocycles. The van der Waals surface area contributed by atoms with Crippen LogP contribution in [0.25, 0.3) is 11.1 Å². The summed E-state index contributed by atoms with van der Waals surface area (Å²) in [5.41, 5.74) is 0.983. The summed E-state index contributed by atoms with van der Waals surface area (Å²) in [6, 6.07) is 27.3. The van der Waals surface area contributed by atoms with Crippen LogP contribution < -0.4 is 24.6 Å². The number of halogens is 4. The van der Waals surface area contributed by atoms with E-state index in [-0.39, 0.29) is 91.5 Å². The predicted octanol–water partition coefficient (Wildman–Crippen LogP) is 9.77. The van der Waals surface area contributed by atoms with Gasteiger partial charge in [0.15, 0.2) is 0 Å². The van der Waals surface area contributed by atoms with Crippen molar-refractivity contribution in [1.29, 1.82) is 0 Å². The minimum Gasteiger partial charge on any atom is -0.473 e. The number of hydrogen-bond acceptors (Lipinski definition) is 13. The molecule has 18 nitrogen and oxygen atoms in total. The molecule has 1 aromatic heterocycles. The van der Waals surface area contributed by atoms with Crippen molar-refractivity contribution < 1.29 is 65.3 Å². The first kappa shape index (κ1) is 62.1. The number of amides is 6. The van der Waals surface area contributed by atoms with Gasteiger partial charge in [-0.1, -0.05) is 60.7 Å². The number of carbonyl (C=O) groups is 6. The number of anilines is 2. The number of rotatable bonds is 12. The van der Waals surface area contributed by atoms with E-state index in [9.17, 15) is 37.5 Å². The van der Waals surface area contributed by atoms with Gasteiger partial charge in [-0.25, -0.2) is 27.2 Å². The number of piperazine rings is 2. The lowest BCUT2D eigenvalue weighted by atomic mass is 9.89. The maximum Gasteiger partial charge on any atom is 0.410 e. The quantitative estimate of drug-likeness (QED) is 0.0921. The second-order valence-electron chi connectivity index (χ2n) is 24.1. The summed E-state index contributed by atoms with van der Waals surface area (Å²) in [4.78, 5) is 88.7. The Balaban J connectivity index is 0.000000217. The third kappa shape index (κ3) is 15.7. The standard InChI is InChI=1S/C39H42F2N4O5.C25H32F2N4O5/c1-39(2,3)50-38(47)44-20-21-45(35(46)24-44)29-16-18-43(19-17-29)30-22-32(40)36(33(41)23-30)31-14-15-34(48-25-27-10-6-4-7-11-27)42-37(31)49-26-28-12-8-5-9-13-28;1-25(2,3)36-24(35)30-10-11-31(21(33)14-30)15-6-8-29(9-7-15)16-12-18(26)22(19(27)13-16)17-4-5-20(32)28-23(17)34/h4-15,22-23,29H,16-21,24-26H2,1-3H3;12-13,15,17H,4-11,14H2,1-3H3,(H,28,32,34). The number of benzene rings is 4. The molecule has 4 aromatic carbocycles. The summed E-state index contributed by atoms with van der Waals surface area (Å²) in [7, 11) is 0. The highest BCUT2D eigenvalue weighted by atomic mass is 19.1. The molecule has 0 bridgehead atoms. The average Bonchev–Trinajstić information content (AvgIpc) is 3.67. The van der Waals surface area contributed by atoms with Gasteiger partial charge in [-0.3, -0.25) is 34.3 Å². The Labute approximate surface area is 498 Å². The Morgan fingerprint density at radius 2 is 1.00 bits per heavy atom. The second kappa shape index (κ2) is 26.9. The highest BCUT2D eigenvalue weighted by molar-refractivity contribution is 6.01. The number of aromatic nitrogens is 1. The molecule has 5 fully saturated rings. The molecule has 0 spiro atoms. The molecule has 1 N–H and O–H groups in total. The number of pyridine rings is 1. The van der Waals surface area contributed by atoms with Crippen LogP contribution in [0.15, 0.2) is 97.1 Å². The number of ether oxygens (including phenoxy) is 4. The number of nitrogens with one attached hydrogen (secondary N) is 1. The molecule has 458 valence electrons. The fourth-order valence-electron chi connectivity index (χ4n) is 11.3. The summed E-state index contributed by atoms with van der Waals surface area (Å²) < 4.78 is 84.4. The number of nitrogens with zero attached hydrogens (tertiary/aromatic N) is 7. The molecule has 10 rings (SSSR count). The van der Waals surface area contributed by atoms with Gasteiger partial charge in [0.25, 0.3) is 0 Å². The zero-order valence-corrected chi connectivity index (χ0v) is 49.4. The number of carbonyl (C=O) groups excluding carboxylic acids is 6. The minimum atomic E-state index is -1.03. The van der Waals surface area contributed by atoms with Crippen molar-refractivity contribution in [2.45, 2.75) is 122 Å². The van der Waals surface area contributed by atoms with E-state index in [4.69, 9.17) is 18.9 Å². The molecule has 1 atom stereocenters. The Hall–Kier alpha value is -8.43. The van der Waals surface area contributed by atoms with Gasteiger partial charge < -0.3 is 38.5 Å². The highest BCUT2D eigenvalue weighted by Crippen LogP contribution is 2.39. The van der Waals surface area contributed by atoms with Gasteiger partial charge in [-0.05, 0) is 115 Å². The van der Waals surface area contributed by atoms with Crippen molar-refractivity contribution in [3.05, 3.63) is 137 Å². The summed E-state index contributed by atoms with van der Waals surface area (Å²) in [5.74, 6) is -5.20. The van der Waals surface area contributed by atoms with Crippen molar-refractivity contribution in [2.24, 2.45) is 0 Å². The van der Waals surface area contributed by atoms with Gasteiger partial charge in [0, 0.05) is 93.9 Å². The van der Waals surface area contributed by atoms with Crippen LogP contribution in [0, 0.1) is 23.3 Å². The van der Waals surface area contributed by atoms with Gasteiger partial charge in [-0.15, -0.1) is 0 Å². The maximum absolute atomic E-state index is 15.9. The number of hydrogen-bond donors (Lipinski definition) is 1. The number of imide groups is 1.